The summed E-state index contributed by atoms with van der Waals surface area (Å²) in [6.45, 7) is 0.410. The number of amides is 1. The first-order chi connectivity index (χ1) is 8.74. The van der Waals surface area contributed by atoms with Gasteiger partial charge >= 0.3 is 0 Å². The Morgan fingerprint density at radius 3 is 2.78 bits per heavy atom. The van der Waals surface area contributed by atoms with Gasteiger partial charge in [-0.3, -0.25) is 9.78 Å². The molecule has 1 amide bonds. The fourth-order valence-corrected chi connectivity index (χ4v) is 1.62. The van der Waals surface area contributed by atoms with Crippen molar-refractivity contribution in [1.82, 2.24) is 10.3 Å². The second-order valence-corrected chi connectivity index (χ2v) is 3.98. The molecular weight excluding hydrogens is 228 g/mol. The number of aromatic hydroxyl groups is 1. The summed E-state index contributed by atoms with van der Waals surface area (Å²) in [4.78, 5) is 15.6. The van der Waals surface area contributed by atoms with Crippen LogP contribution in [0.5, 0.6) is 5.75 Å². The van der Waals surface area contributed by atoms with Crippen LogP contribution in [0.2, 0.25) is 0 Å². The standard InChI is InChI=1S/C14H14N2O2/c17-13-5-1-3-11(7-13)10-16-14(18)8-12-4-2-6-15-9-12/h1-7,9,17H,8,10H2,(H,16,18). The maximum Gasteiger partial charge on any atom is 0.224 e. The van der Waals surface area contributed by atoms with E-state index in [1.54, 1.807) is 36.7 Å². The van der Waals surface area contributed by atoms with Crippen molar-refractivity contribution in [1.29, 1.82) is 0 Å². The maximum atomic E-state index is 11.7. The van der Waals surface area contributed by atoms with Crippen LogP contribution in [0.3, 0.4) is 0 Å². The van der Waals surface area contributed by atoms with E-state index in [-0.39, 0.29) is 11.7 Å². The molecule has 0 fully saturated rings. The van der Waals surface area contributed by atoms with Crippen molar-refractivity contribution < 1.29 is 9.90 Å². The summed E-state index contributed by atoms with van der Waals surface area (Å²) in [6.07, 6.45) is 3.66. The van der Waals surface area contributed by atoms with Crippen LogP contribution >= 0.6 is 0 Å². The number of pyridine rings is 1. The van der Waals surface area contributed by atoms with Crippen molar-refractivity contribution in [3.63, 3.8) is 0 Å². The van der Waals surface area contributed by atoms with E-state index in [1.165, 1.54) is 0 Å². The van der Waals surface area contributed by atoms with Gasteiger partial charge in [-0.1, -0.05) is 18.2 Å². The van der Waals surface area contributed by atoms with Gasteiger partial charge in [-0.25, -0.2) is 0 Å². The zero-order chi connectivity index (χ0) is 12.8. The van der Waals surface area contributed by atoms with Gasteiger partial charge in [0.25, 0.3) is 0 Å². The third-order valence-electron chi connectivity index (χ3n) is 2.49. The van der Waals surface area contributed by atoms with Crippen LogP contribution in [0.25, 0.3) is 0 Å². The van der Waals surface area contributed by atoms with Crippen molar-refractivity contribution in [2.75, 3.05) is 0 Å². The van der Waals surface area contributed by atoms with Crippen LogP contribution in [0.4, 0.5) is 0 Å². The summed E-state index contributed by atoms with van der Waals surface area (Å²) in [6, 6.07) is 10.5. The Kier molecular flexibility index (Phi) is 3.91. The van der Waals surface area contributed by atoms with E-state index in [9.17, 15) is 9.90 Å². The molecule has 4 nitrogen and oxygen atoms in total. The lowest BCUT2D eigenvalue weighted by atomic mass is 10.2. The molecule has 0 aliphatic rings. The molecule has 1 heterocycles. The summed E-state index contributed by atoms with van der Waals surface area (Å²) in [5, 5.41) is 12.1. The van der Waals surface area contributed by atoms with Crippen LogP contribution in [0.15, 0.2) is 48.8 Å². The SMILES string of the molecule is O=C(Cc1cccnc1)NCc1cccc(O)c1. The van der Waals surface area contributed by atoms with Gasteiger partial charge < -0.3 is 10.4 Å². The van der Waals surface area contributed by atoms with Crippen molar-refractivity contribution in [3.05, 3.63) is 59.9 Å². The Hall–Kier alpha value is -2.36. The van der Waals surface area contributed by atoms with E-state index < -0.39 is 0 Å². The molecule has 0 aliphatic carbocycles. The molecule has 0 radical (unpaired) electrons. The Bertz CT molecular complexity index is 526. The molecule has 0 unspecified atom stereocenters. The molecule has 2 N–H and O–H groups in total. The lowest BCUT2D eigenvalue weighted by molar-refractivity contribution is -0.120. The number of aromatic nitrogens is 1. The first kappa shape index (κ1) is 12.1. The zero-order valence-electron chi connectivity index (χ0n) is 9.84. The molecule has 0 saturated heterocycles. The van der Waals surface area contributed by atoms with E-state index in [2.05, 4.69) is 10.3 Å². The van der Waals surface area contributed by atoms with Crippen molar-refractivity contribution in [3.8, 4) is 5.75 Å². The second kappa shape index (κ2) is 5.82. The topological polar surface area (TPSA) is 62.2 Å². The monoisotopic (exact) mass is 242 g/mol. The minimum atomic E-state index is -0.0636. The molecule has 4 heteroatoms. The number of rotatable bonds is 4. The minimum absolute atomic E-state index is 0.0636. The van der Waals surface area contributed by atoms with Gasteiger partial charge in [-0.05, 0) is 29.3 Å². The smallest absolute Gasteiger partial charge is 0.224 e. The second-order valence-electron chi connectivity index (χ2n) is 3.98. The average Bonchev–Trinajstić information content (AvgIpc) is 2.38. The van der Waals surface area contributed by atoms with Crippen LogP contribution < -0.4 is 5.32 Å². The molecule has 2 rings (SSSR count). The predicted molar refractivity (Wildman–Crippen MR) is 67.9 cm³/mol. The summed E-state index contributed by atoms with van der Waals surface area (Å²) in [5.41, 5.74) is 1.75. The highest BCUT2D eigenvalue weighted by molar-refractivity contribution is 5.78. The number of nitrogens with zero attached hydrogens (tertiary/aromatic N) is 1. The van der Waals surface area contributed by atoms with Crippen molar-refractivity contribution in [2.24, 2.45) is 0 Å². The highest BCUT2D eigenvalue weighted by Gasteiger charge is 2.03. The number of carbonyl (C=O) groups excluding carboxylic acids is 1. The molecule has 1 aromatic carbocycles. The molecular formula is C14H14N2O2. The Labute approximate surface area is 105 Å². The van der Waals surface area contributed by atoms with Crippen LogP contribution in [0.1, 0.15) is 11.1 Å². The molecule has 0 spiro atoms. The lowest BCUT2D eigenvalue weighted by Crippen LogP contribution is -2.24. The Balaban J connectivity index is 1.85. The van der Waals surface area contributed by atoms with E-state index in [0.717, 1.165) is 11.1 Å². The number of phenols is 1. The highest BCUT2D eigenvalue weighted by atomic mass is 16.3. The first-order valence-corrected chi connectivity index (χ1v) is 5.67. The van der Waals surface area contributed by atoms with Crippen molar-refractivity contribution in [2.45, 2.75) is 13.0 Å². The minimum Gasteiger partial charge on any atom is -0.508 e. The lowest BCUT2D eigenvalue weighted by Gasteiger charge is -2.05. The van der Waals surface area contributed by atoms with E-state index in [4.69, 9.17) is 0 Å². The maximum absolute atomic E-state index is 11.7. The Morgan fingerprint density at radius 1 is 1.22 bits per heavy atom. The largest absolute Gasteiger partial charge is 0.508 e. The third-order valence-corrected chi connectivity index (χ3v) is 2.49. The van der Waals surface area contributed by atoms with E-state index >= 15 is 0 Å². The molecule has 2 aromatic rings. The summed E-state index contributed by atoms with van der Waals surface area (Å²) < 4.78 is 0. The van der Waals surface area contributed by atoms with Crippen LogP contribution in [-0.2, 0) is 17.8 Å². The summed E-state index contributed by atoms with van der Waals surface area (Å²) >= 11 is 0. The zero-order valence-corrected chi connectivity index (χ0v) is 9.84. The van der Waals surface area contributed by atoms with Crippen molar-refractivity contribution >= 4 is 5.91 Å². The molecule has 0 aliphatic heterocycles. The fraction of sp³-hybridized carbons (Fsp3) is 0.143. The fourth-order valence-electron chi connectivity index (χ4n) is 1.62. The number of hydrogen-bond donors (Lipinski definition) is 2. The van der Waals surface area contributed by atoms with Gasteiger partial charge in [-0.2, -0.15) is 0 Å². The molecule has 0 bridgehead atoms. The summed E-state index contributed by atoms with van der Waals surface area (Å²) in [5.74, 6) is 0.139. The summed E-state index contributed by atoms with van der Waals surface area (Å²) in [7, 11) is 0. The van der Waals surface area contributed by atoms with Gasteiger partial charge in [0.05, 0.1) is 6.42 Å². The normalized spacial score (nSPS) is 10.0. The van der Waals surface area contributed by atoms with Gasteiger partial charge in [-0.15, -0.1) is 0 Å². The Morgan fingerprint density at radius 2 is 2.06 bits per heavy atom. The molecule has 0 saturated carbocycles. The molecule has 1 aromatic heterocycles. The first-order valence-electron chi connectivity index (χ1n) is 5.67. The van der Waals surface area contributed by atoms with Crippen LogP contribution in [0, 0.1) is 0 Å². The number of hydrogen-bond acceptors (Lipinski definition) is 3. The van der Waals surface area contributed by atoms with Gasteiger partial charge in [0.2, 0.25) is 5.91 Å². The van der Waals surface area contributed by atoms with Gasteiger partial charge in [0.1, 0.15) is 5.75 Å². The molecule has 92 valence electrons. The number of phenolic OH excluding ortho intramolecular Hbond substituents is 1. The third kappa shape index (κ3) is 3.59. The molecule has 18 heavy (non-hydrogen) atoms. The average molecular weight is 242 g/mol. The van der Waals surface area contributed by atoms with Gasteiger partial charge in [0.15, 0.2) is 0 Å². The number of nitrogens with one attached hydrogen (secondary N) is 1. The van der Waals surface area contributed by atoms with Gasteiger partial charge in [0, 0.05) is 18.9 Å². The van der Waals surface area contributed by atoms with E-state index in [0.29, 0.717) is 13.0 Å². The number of carbonyl (C=O) groups is 1. The highest BCUT2D eigenvalue weighted by Crippen LogP contribution is 2.10. The quantitative estimate of drug-likeness (QED) is 0.856. The number of benzene rings is 1. The van der Waals surface area contributed by atoms with E-state index in [1.807, 2.05) is 12.1 Å². The molecule has 0 atom stereocenters. The predicted octanol–water partition coefficient (Wildman–Crippen LogP) is 1.65. The van der Waals surface area contributed by atoms with Crippen LogP contribution in [-0.4, -0.2) is 16.0 Å².